The first-order valence-electron chi connectivity index (χ1n) is 8.22. The number of benzene rings is 1. The van der Waals surface area contributed by atoms with Gasteiger partial charge in [0.1, 0.15) is 0 Å². The maximum absolute atomic E-state index is 13.3. The molecule has 0 aromatic heterocycles. The zero-order chi connectivity index (χ0) is 17.5. The van der Waals surface area contributed by atoms with Crippen LogP contribution in [0.1, 0.15) is 40.9 Å². The van der Waals surface area contributed by atoms with Crippen LogP contribution in [0.3, 0.4) is 0 Å². The van der Waals surface area contributed by atoms with E-state index in [2.05, 4.69) is 29.4 Å². The minimum atomic E-state index is -4.45. The van der Waals surface area contributed by atoms with Crippen molar-refractivity contribution in [2.24, 2.45) is 5.92 Å². The van der Waals surface area contributed by atoms with Gasteiger partial charge in [0.25, 0.3) is 5.91 Å². The summed E-state index contributed by atoms with van der Waals surface area (Å²) in [5.41, 5.74) is 0.0819. The lowest BCUT2D eigenvalue weighted by Crippen LogP contribution is -2.52. The third kappa shape index (κ3) is 3.42. The van der Waals surface area contributed by atoms with Crippen LogP contribution in [-0.4, -0.2) is 36.5 Å². The topological polar surface area (TPSA) is 44.4 Å². The van der Waals surface area contributed by atoms with Crippen LogP contribution in [0.25, 0.3) is 0 Å². The van der Waals surface area contributed by atoms with E-state index in [1.807, 2.05) is 0 Å². The number of alkyl halides is 3. The van der Waals surface area contributed by atoms with Gasteiger partial charge >= 0.3 is 6.18 Å². The van der Waals surface area contributed by atoms with Crippen molar-refractivity contribution in [3.05, 3.63) is 34.4 Å². The maximum atomic E-state index is 13.3. The normalized spacial score (nSPS) is 21.9. The lowest BCUT2D eigenvalue weighted by molar-refractivity contribution is -0.138. The standard InChI is InChI=1S/C17H22F3N3O/c1-10(2)15-9-23(4-3-21-15)8-11-5-12-13(7-22-16(12)24)14(6-11)17(18,19)20/h5-6,10,15,21H,3-4,7-9H2,1-2H3,(H,22,24)/t15-/m0/s1. The number of amides is 1. The van der Waals surface area contributed by atoms with Crippen molar-refractivity contribution >= 4 is 5.91 Å². The smallest absolute Gasteiger partial charge is 0.348 e. The van der Waals surface area contributed by atoms with E-state index >= 15 is 0 Å². The van der Waals surface area contributed by atoms with E-state index in [0.29, 0.717) is 24.1 Å². The molecule has 2 aliphatic rings. The van der Waals surface area contributed by atoms with E-state index in [1.54, 1.807) is 6.07 Å². The van der Waals surface area contributed by atoms with Gasteiger partial charge in [-0.3, -0.25) is 9.69 Å². The second-order valence-electron chi connectivity index (χ2n) is 6.89. The van der Waals surface area contributed by atoms with Crippen molar-refractivity contribution in [2.45, 2.75) is 39.2 Å². The highest BCUT2D eigenvalue weighted by Gasteiger charge is 2.37. The molecule has 1 aromatic rings. The summed E-state index contributed by atoms with van der Waals surface area (Å²) in [6.45, 7) is 7.03. The van der Waals surface area contributed by atoms with Crippen molar-refractivity contribution < 1.29 is 18.0 Å². The molecule has 0 spiro atoms. The molecular formula is C17H22F3N3O. The van der Waals surface area contributed by atoms with Gasteiger partial charge in [0.05, 0.1) is 5.56 Å². The lowest BCUT2D eigenvalue weighted by atomic mass is 9.97. The Hall–Kier alpha value is -1.60. The van der Waals surface area contributed by atoms with Gasteiger partial charge < -0.3 is 10.6 Å². The van der Waals surface area contributed by atoms with Gasteiger partial charge in [-0.25, -0.2) is 0 Å². The maximum Gasteiger partial charge on any atom is 0.416 e. The fourth-order valence-electron chi connectivity index (χ4n) is 3.42. The largest absolute Gasteiger partial charge is 0.416 e. The highest BCUT2D eigenvalue weighted by atomic mass is 19.4. The first-order chi connectivity index (χ1) is 11.3. The minimum absolute atomic E-state index is 0.0493. The fraction of sp³-hybridized carbons (Fsp3) is 0.588. The number of fused-ring (bicyclic) bond motifs is 1. The first kappa shape index (κ1) is 17.2. The second-order valence-corrected chi connectivity index (χ2v) is 6.89. The SMILES string of the molecule is CC(C)[C@@H]1CN(Cc2cc3c(c(C(F)(F)F)c2)CNC3=O)CCN1. The average molecular weight is 341 g/mol. The molecule has 4 nitrogen and oxygen atoms in total. The van der Waals surface area contributed by atoms with Crippen molar-refractivity contribution in [2.75, 3.05) is 19.6 Å². The molecule has 0 aliphatic carbocycles. The molecule has 0 unspecified atom stereocenters. The van der Waals surface area contributed by atoms with Crippen LogP contribution < -0.4 is 10.6 Å². The molecule has 0 bridgehead atoms. The Balaban J connectivity index is 1.86. The average Bonchev–Trinajstić information content (AvgIpc) is 2.87. The number of hydrogen-bond donors (Lipinski definition) is 2. The summed E-state index contributed by atoms with van der Waals surface area (Å²) in [7, 11) is 0. The molecule has 1 aromatic carbocycles. The lowest BCUT2D eigenvalue weighted by Gasteiger charge is -2.36. The van der Waals surface area contributed by atoms with E-state index < -0.39 is 17.6 Å². The number of nitrogens with zero attached hydrogens (tertiary/aromatic N) is 1. The van der Waals surface area contributed by atoms with Crippen LogP contribution in [0, 0.1) is 5.92 Å². The molecule has 1 saturated heterocycles. The number of halogens is 3. The quantitative estimate of drug-likeness (QED) is 0.887. The Kier molecular flexibility index (Phi) is 4.57. The minimum Gasteiger partial charge on any atom is -0.348 e. The zero-order valence-corrected chi connectivity index (χ0v) is 13.8. The van der Waals surface area contributed by atoms with E-state index in [0.717, 1.165) is 19.6 Å². The van der Waals surface area contributed by atoms with Crippen LogP contribution >= 0.6 is 0 Å². The van der Waals surface area contributed by atoms with Crippen LogP contribution in [0.4, 0.5) is 13.2 Å². The second kappa shape index (κ2) is 6.37. The third-order valence-corrected chi connectivity index (χ3v) is 4.79. The molecule has 1 atom stereocenters. The fourth-order valence-corrected chi connectivity index (χ4v) is 3.42. The van der Waals surface area contributed by atoms with Crippen molar-refractivity contribution in [3.8, 4) is 0 Å². The molecule has 2 aliphatic heterocycles. The van der Waals surface area contributed by atoms with Gasteiger partial charge in [0.2, 0.25) is 0 Å². The molecule has 2 heterocycles. The van der Waals surface area contributed by atoms with Crippen LogP contribution in [0.5, 0.6) is 0 Å². The summed E-state index contributed by atoms with van der Waals surface area (Å²) in [6.07, 6.45) is -4.45. The monoisotopic (exact) mass is 341 g/mol. The predicted molar refractivity (Wildman–Crippen MR) is 84.5 cm³/mol. The van der Waals surface area contributed by atoms with Crippen LogP contribution in [0.2, 0.25) is 0 Å². The number of rotatable bonds is 3. The van der Waals surface area contributed by atoms with Gasteiger partial charge in [0, 0.05) is 44.3 Å². The van der Waals surface area contributed by atoms with E-state index in [-0.39, 0.29) is 17.7 Å². The number of hydrogen-bond acceptors (Lipinski definition) is 3. The predicted octanol–water partition coefficient (Wildman–Crippen LogP) is 2.38. The molecule has 0 radical (unpaired) electrons. The van der Waals surface area contributed by atoms with Gasteiger partial charge in [-0.1, -0.05) is 13.8 Å². The molecule has 7 heteroatoms. The van der Waals surface area contributed by atoms with E-state index in [4.69, 9.17) is 0 Å². The first-order valence-corrected chi connectivity index (χ1v) is 8.22. The summed E-state index contributed by atoms with van der Waals surface area (Å²) >= 11 is 0. The van der Waals surface area contributed by atoms with Crippen molar-refractivity contribution in [1.82, 2.24) is 15.5 Å². The van der Waals surface area contributed by atoms with Gasteiger partial charge in [-0.15, -0.1) is 0 Å². The van der Waals surface area contributed by atoms with E-state index in [9.17, 15) is 18.0 Å². The van der Waals surface area contributed by atoms with Crippen molar-refractivity contribution in [1.29, 1.82) is 0 Å². The molecule has 3 rings (SSSR count). The van der Waals surface area contributed by atoms with Crippen LogP contribution in [0.15, 0.2) is 12.1 Å². The third-order valence-electron chi connectivity index (χ3n) is 4.79. The van der Waals surface area contributed by atoms with Gasteiger partial charge in [-0.2, -0.15) is 13.2 Å². The Morgan fingerprint density at radius 2 is 2.08 bits per heavy atom. The highest BCUT2D eigenvalue weighted by molar-refractivity contribution is 5.99. The molecular weight excluding hydrogens is 319 g/mol. The summed E-state index contributed by atoms with van der Waals surface area (Å²) in [5, 5.41) is 5.92. The van der Waals surface area contributed by atoms with Crippen LogP contribution in [-0.2, 0) is 19.3 Å². The van der Waals surface area contributed by atoms with Gasteiger partial charge in [0.15, 0.2) is 0 Å². The molecule has 1 amide bonds. The molecule has 1 fully saturated rings. The van der Waals surface area contributed by atoms with Gasteiger partial charge in [-0.05, 0) is 29.2 Å². The molecule has 2 N–H and O–H groups in total. The Morgan fingerprint density at radius 1 is 1.33 bits per heavy atom. The molecule has 0 saturated carbocycles. The van der Waals surface area contributed by atoms with Crippen molar-refractivity contribution in [3.63, 3.8) is 0 Å². The zero-order valence-electron chi connectivity index (χ0n) is 13.8. The highest BCUT2D eigenvalue weighted by Crippen LogP contribution is 2.36. The number of nitrogens with one attached hydrogen (secondary N) is 2. The Morgan fingerprint density at radius 3 is 2.75 bits per heavy atom. The molecule has 24 heavy (non-hydrogen) atoms. The number of carbonyl (C=O) groups is 1. The summed E-state index contributed by atoms with van der Waals surface area (Å²) in [4.78, 5) is 14.0. The number of piperazine rings is 1. The number of carbonyl (C=O) groups excluding carboxylic acids is 1. The summed E-state index contributed by atoms with van der Waals surface area (Å²) in [6, 6.07) is 3.14. The Labute approximate surface area is 139 Å². The summed E-state index contributed by atoms with van der Waals surface area (Å²) < 4.78 is 40.0. The molecule has 132 valence electrons. The van der Waals surface area contributed by atoms with E-state index in [1.165, 1.54) is 6.07 Å². The Bertz CT molecular complexity index is 643. The summed E-state index contributed by atoms with van der Waals surface area (Å²) in [5.74, 6) is 0.0436.